The molecule has 10 heteroatoms. The van der Waals surface area contributed by atoms with E-state index in [1.54, 1.807) is 0 Å². The summed E-state index contributed by atoms with van der Waals surface area (Å²) in [5.41, 5.74) is 3.16. The topological polar surface area (TPSA) is 152 Å². The van der Waals surface area contributed by atoms with Gasteiger partial charge in [-0.1, -0.05) is 6.92 Å². The predicted octanol–water partition coefficient (Wildman–Crippen LogP) is 2.58. The van der Waals surface area contributed by atoms with Gasteiger partial charge < -0.3 is 30.4 Å². The number of aromatic amines is 1. The van der Waals surface area contributed by atoms with Crippen LogP contribution in [-0.4, -0.2) is 40.9 Å². The summed E-state index contributed by atoms with van der Waals surface area (Å²) in [5, 5.41) is 19.0. The molecule has 9 nitrogen and oxygen atoms in total. The van der Waals surface area contributed by atoms with Crippen LogP contribution in [0.15, 0.2) is 21.4 Å². The van der Waals surface area contributed by atoms with Crippen molar-refractivity contribution in [1.82, 2.24) is 4.98 Å². The van der Waals surface area contributed by atoms with Crippen LogP contribution in [0.3, 0.4) is 0 Å². The van der Waals surface area contributed by atoms with Gasteiger partial charge in [0, 0.05) is 5.56 Å². The smallest absolute Gasteiger partial charge is 0.342 e. The van der Waals surface area contributed by atoms with E-state index in [1.807, 2.05) is 6.92 Å². The Hall–Kier alpha value is -3.01. The number of carboxylic acids is 2. The molecule has 0 aliphatic carbocycles. The fourth-order valence-corrected chi connectivity index (χ4v) is 3.10. The summed E-state index contributed by atoms with van der Waals surface area (Å²) in [4.78, 5) is 37.5. The van der Waals surface area contributed by atoms with Crippen molar-refractivity contribution in [2.24, 2.45) is 0 Å². The highest BCUT2D eigenvalue weighted by atomic mass is 79.9. The van der Waals surface area contributed by atoms with Gasteiger partial charge in [-0.2, -0.15) is 0 Å². The number of nitrogen functional groups attached to an aromatic ring is 1. The van der Waals surface area contributed by atoms with Crippen LogP contribution in [0, 0.1) is 0 Å². The average Bonchev–Trinajstić information content (AvgIpc) is 2.58. The third-order valence-electron chi connectivity index (χ3n) is 3.64. The third-order valence-corrected chi connectivity index (χ3v) is 4.23. The van der Waals surface area contributed by atoms with Crippen LogP contribution in [0.2, 0.25) is 0 Å². The molecular weight excluding hydrogens is 424 g/mol. The van der Waals surface area contributed by atoms with Crippen molar-refractivity contribution in [2.75, 3.05) is 19.5 Å². The summed E-state index contributed by atoms with van der Waals surface area (Å²) < 4.78 is 11.3. The first-order valence-electron chi connectivity index (χ1n) is 7.75. The van der Waals surface area contributed by atoms with E-state index in [4.69, 9.17) is 15.2 Å². The predicted molar refractivity (Wildman–Crippen MR) is 101 cm³/mol. The number of H-pyrrole nitrogens is 1. The minimum atomic E-state index is -1.59. The molecule has 0 unspecified atom stereocenters. The van der Waals surface area contributed by atoms with Crippen molar-refractivity contribution >= 4 is 33.7 Å². The lowest BCUT2D eigenvalue weighted by Crippen LogP contribution is -2.24. The Kier molecular flexibility index (Phi) is 6.11. The molecule has 0 saturated heterocycles. The molecule has 0 aliphatic rings. The van der Waals surface area contributed by atoms with Crippen LogP contribution in [0.1, 0.15) is 34.1 Å². The number of aromatic nitrogens is 1. The van der Waals surface area contributed by atoms with E-state index >= 15 is 0 Å². The Labute approximate surface area is 161 Å². The van der Waals surface area contributed by atoms with E-state index in [-0.39, 0.29) is 16.9 Å². The summed E-state index contributed by atoms with van der Waals surface area (Å²) in [6.45, 7) is 2.33. The first-order chi connectivity index (χ1) is 12.7. The fraction of sp³-hybridized carbons (Fsp3) is 0.235. The van der Waals surface area contributed by atoms with Gasteiger partial charge in [0.1, 0.15) is 16.9 Å². The van der Waals surface area contributed by atoms with Gasteiger partial charge in [0.05, 0.1) is 18.2 Å². The third kappa shape index (κ3) is 3.90. The molecule has 1 heterocycles. The van der Waals surface area contributed by atoms with Crippen molar-refractivity contribution in [2.45, 2.75) is 13.3 Å². The molecule has 5 N–H and O–H groups in total. The first-order valence-corrected chi connectivity index (χ1v) is 8.55. The molecule has 0 spiro atoms. The standard InChI is InChI=1S/C17H17BrN2O7/c1-3-4-27-13-8(18)5-7(6-9(13)26-2)10-11(16(22)23)14(19)20-15(21)12(10)17(24)25/h5-6H,3-4H2,1-2H3,(H,22,23)(H,24,25)(H3,19,20,21). The highest BCUT2D eigenvalue weighted by molar-refractivity contribution is 9.10. The number of ether oxygens (including phenoxy) is 2. The lowest BCUT2D eigenvalue weighted by atomic mass is 9.95. The van der Waals surface area contributed by atoms with E-state index < -0.39 is 34.4 Å². The molecule has 0 atom stereocenters. The normalized spacial score (nSPS) is 10.5. The number of halogens is 1. The number of rotatable bonds is 7. The number of methoxy groups -OCH3 is 1. The van der Waals surface area contributed by atoms with E-state index in [9.17, 15) is 24.6 Å². The monoisotopic (exact) mass is 440 g/mol. The number of benzene rings is 1. The largest absolute Gasteiger partial charge is 0.493 e. The quantitative estimate of drug-likeness (QED) is 0.512. The number of carboxylic acid groups (broad SMARTS) is 2. The molecule has 27 heavy (non-hydrogen) atoms. The Morgan fingerprint density at radius 3 is 2.37 bits per heavy atom. The van der Waals surface area contributed by atoms with Crippen LogP contribution in [-0.2, 0) is 0 Å². The number of pyridine rings is 1. The maximum atomic E-state index is 12.1. The molecule has 144 valence electrons. The number of aromatic carboxylic acids is 2. The van der Waals surface area contributed by atoms with Crippen molar-refractivity contribution in [3.63, 3.8) is 0 Å². The van der Waals surface area contributed by atoms with Gasteiger partial charge in [-0.3, -0.25) is 4.79 Å². The van der Waals surface area contributed by atoms with Gasteiger partial charge in [0.2, 0.25) is 0 Å². The van der Waals surface area contributed by atoms with Gasteiger partial charge in [-0.05, 0) is 40.0 Å². The average molecular weight is 441 g/mol. The minimum Gasteiger partial charge on any atom is -0.493 e. The molecule has 1 aromatic carbocycles. The Balaban J connectivity index is 2.89. The van der Waals surface area contributed by atoms with Gasteiger partial charge in [0.25, 0.3) is 5.56 Å². The van der Waals surface area contributed by atoms with Crippen molar-refractivity contribution in [3.8, 4) is 22.6 Å². The second-order valence-corrected chi connectivity index (χ2v) is 6.30. The number of hydrogen-bond donors (Lipinski definition) is 4. The lowest BCUT2D eigenvalue weighted by Gasteiger charge is -2.16. The molecule has 0 amide bonds. The maximum Gasteiger partial charge on any atom is 0.342 e. The highest BCUT2D eigenvalue weighted by Crippen LogP contribution is 2.41. The van der Waals surface area contributed by atoms with Crippen LogP contribution in [0.4, 0.5) is 5.82 Å². The summed E-state index contributed by atoms with van der Waals surface area (Å²) >= 11 is 3.31. The first kappa shape index (κ1) is 20.3. The van der Waals surface area contributed by atoms with Crippen LogP contribution in [0.5, 0.6) is 11.5 Å². The number of carbonyl (C=O) groups is 2. The van der Waals surface area contributed by atoms with Gasteiger partial charge in [-0.15, -0.1) is 0 Å². The fourth-order valence-electron chi connectivity index (χ4n) is 2.54. The Morgan fingerprint density at radius 1 is 1.22 bits per heavy atom. The number of hydrogen-bond acceptors (Lipinski definition) is 6. The zero-order chi connectivity index (χ0) is 20.3. The van der Waals surface area contributed by atoms with Crippen LogP contribution < -0.4 is 20.8 Å². The molecule has 2 rings (SSSR count). The zero-order valence-electron chi connectivity index (χ0n) is 14.5. The van der Waals surface area contributed by atoms with Crippen molar-refractivity contribution < 1.29 is 29.3 Å². The Morgan fingerprint density at radius 2 is 1.85 bits per heavy atom. The summed E-state index contributed by atoms with van der Waals surface area (Å²) in [6, 6.07) is 2.84. The molecule has 0 radical (unpaired) electrons. The molecule has 2 aromatic rings. The van der Waals surface area contributed by atoms with Gasteiger partial charge in [-0.25, -0.2) is 9.59 Å². The molecule has 1 aromatic heterocycles. The van der Waals surface area contributed by atoms with Gasteiger partial charge >= 0.3 is 11.9 Å². The van der Waals surface area contributed by atoms with Crippen molar-refractivity contribution in [1.29, 1.82) is 0 Å². The second-order valence-electron chi connectivity index (χ2n) is 5.44. The molecular formula is C17H17BrN2O7. The second kappa shape index (κ2) is 8.12. The van der Waals surface area contributed by atoms with Gasteiger partial charge in [0.15, 0.2) is 11.5 Å². The van der Waals surface area contributed by atoms with E-state index in [1.165, 1.54) is 19.2 Å². The van der Waals surface area contributed by atoms with Crippen molar-refractivity contribution in [3.05, 3.63) is 38.1 Å². The lowest BCUT2D eigenvalue weighted by molar-refractivity contribution is 0.0695. The summed E-state index contributed by atoms with van der Waals surface area (Å²) in [7, 11) is 1.38. The highest BCUT2D eigenvalue weighted by Gasteiger charge is 2.27. The molecule has 0 saturated carbocycles. The zero-order valence-corrected chi connectivity index (χ0v) is 16.0. The van der Waals surface area contributed by atoms with E-state index in [0.29, 0.717) is 16.8 Å². The Bertz CT molecular complexity index is 969. The van der Waals surface area contributed by atoms with E-state index in [0.717, 1.165) is 6.42 Å². The molecule has 0 fully saturated rings. The van der Waals surface area contributed by atoms with Crippen LogP contribution in [0.25, 0.3) is 11.1 Å². The number of nitrogens with two attached hydrogens (primary N) is 1. The van der Waals surface area contributed by atoms with E-state index in [2.05, 4.69) is 20.9 Å². The summed E-state index contributed by atoms with van der Waals surface area (Å²) in [6.07, 6.45) is 0.744. The molecule has 0 aliphatic heterocycles. The minimum absolute atomic E-state index is 0.121. The van der Waals surface area contributed by atoms with Crippen LogP contribution >= 0.6 is 15.9 Å². The maximum absolute atomic E-state index is 12.1. The number of anilines is 1. The SMILES string of the molecule is CCCOc1c(Br)cc(-c2c(C(=O)O)c(N)[nH]c(=O)c2C(=O)O)cc1OC. The number of nitrogens with one attached hydrogen (secondary N) is 1. The molecule has 0 bridgehead atoms. The summed E-state index contributed by atoms with van der Waals surface area (Å²) in [5.74, 6) is -2.92.